The van der Waals surface area contributed by atoms with Gasteiger partial charge < -0.3 is 10.3 Å². The first-order valence-corrected chi connectivity index (χ1v) is 6.64. The topological polar surface area (TPSA) is 48.0 Å². The fourth-order valence-electron chi connectivity index (χ4n) is 2.37. The van der Waals surface area contributed by atoms with Crippen LogP contribution in [0.4, 0.5) is 0 Å². The molecule has 20 heavy (non-hydrogen) atoms. The lowest BCUT2D eigenvalue weighted by Gasteiger charge is -2.14. The fraction of sp³-hybridized carbons (Fsp3) is 0.118. The van der Waals surface area contributed by atoms with E-state index in [1.54, 1.807) is 22.9 Å². The second-order valence-electron chi connectivity index (χ2n) is 4.90. The SMILES string of the molecule is NC(Cn1ccccc1=O)c1ccc2ccccc2c1. The maximum absolute atomic E-state index is 11.7. The van der Waals surface area contributed by atoms with Crippen LogP contribution in [-0.4, -0.2) is 4.57 Å². The molecule has 0 bridgehead atoms. The van der Waals surface area contributed by atoms with E-state index in [-0.39, 0.29) is 11.6 Å². The average molecular weight is 264 g/mol. The van der Waals surface area contributed by atoms with E-state index < -0.39 is 0 Å². The van der Waals surface area contributed by atoms with Crippen molar-refractivity contribution in [3.8, 4) is 0 Å². The molecule has 100 valence electrons. The Bertz CT molecular complexity index is 792. The van der Waals surface area contributed by atoms with Gasteiger partial charge in [0.05, 0.1) is 0 Å². The summed E-state index contributed by atoms with van der Waals surface area (Å²) in [5, 5.41) is 2.36. The molecule has 0 aliphatic carbocycles. The van der Waals surface area contributed by atoms with Crippen molar-refractivity contribution in [2.75, 3.05) is 0 Å². The van der Waals surface area contributed by atoms with Crippen LogP contribution < -0.4 is 11.3 Å². The van der Waals surface area contributed by atoms with Gasteiger partial charge in [-0.25, -0.2) is 0 Å². The number of hydrogen-bond donors (Lipinski definition) is 1. The quantitative estimate of drug-likeness (QED) is 0.790. The van der Waals surface area contributed by atoms with Gasteiger partial charge in [0, 0.05) is 24.8 Å². The summed E-state index contributed by atoms with van der Waals surface area (Å²) in [5.74, 6) is 0. The Balaban J connectivity index is 1.91. The zero-order valence-electron chi connectivity index (χ0n) is 11.1. The molecule has 0 aliphatic rings. The molecule has 3 heteroatoms. The van der Waals surface area contributed by atoms with Crippen LogP contribution in [0.5, 0.6) is 0 Å². The summed E-state index contributed by atoms with van der Waals surface area (Å²) in [7, 11) is 0. The van der Waals surface area contributed by atoms with Crippen molar-refractivity contribution in [2.24, 2.45) is 5.73 Å². The van der Waals surface area contributed by atoms with E-state index in [2.05, 4.69) is 24.3 Å². The van der Waals surface area contributed by atoms with Crippen LogP contribution in [-0.2, 0) is 6.54 Å². The van der Waals surface area contributed by atoms with E-state index in [0.717, 1.165) is 5.56 Å². The lowest BCUT2D eigenvalue weighted by Crippen LogP contribution is -2.25. The van der Waals surface area contributed by atoms with E-state index in [9.17, 15) is 4.79 Å². The van der Waals surface area contributed by atoms with Crippen LogP contribution in [0.25, 0.3) is 10.8 Å². The number of nitrogens with zero attached hydrogens (tertiary/aromatic N) is 1. The number of pyridine rings is 1. The zero-order chi connectivity index (χ0) is 13.9. The van der Waals surface area contributed by atoms with Gasteiger partial charge in [0.25, 0.3) is 5.56 Å². The minimum absolute atomic E-state index is 0.0243. The summed E-state index contributed by atoms with van der Waals surface area (Å²) < 4.78 is 1.64. The highest BCUT2D eigenvalue weighted by Gasteiger charge is 2.08. The van der Waals surface area contributed by atoms with Crippen molar-refractivity contribution < 1.29 is 0 Å². The molecule has 3 nitrogen and oxygen atoms in total. The number of hydrogen-bond acceptors (Lipinski definition) is 2. The van der Waals surface area contributed by atoms with E-state index in [1.165, 1.54) is 10.8 Å². The van der Waals surface area contributed by atoms with Gasteiger partial charge in [-0.2, -0.15) is 0 Å². The van der Waals surface area contributed by atoms with Crippen molar-refractivity contribution in [2.45, 2.75) is 12.6 Å². The van der Waals surface area contributed by atoms with Crippen molar-refractivity contribution in [1.82, 2.24) is 4.57 Å². The number of rotatable bonds is 3. The predicted molar refractivity (Wildman–Crippen MR) is 81.6 cm³/mol. The van der Waals surface area contributed by atoms with Crippen molar-refractivity contribution in [3.63, 3.8) is 0 Å². The number of nitrogens with two attached hydrogens (primary N) is 1. The van der Waals surface area contributed by atoms with Crippen molar-refractivity contribution in [1.29, 1.82) is 0 Å². The largest absolute Gasteiger partial charge is 0.322 e. The summed E-state index contributed by atoms with van der Waals surface area (Å²) in [5.41, 5.74) is 7.24. The first kappa shape index (κ1) is 12.6. The molecule has 0 saturated heterocycles. The third kappa shape index (κ3) is 2.49. The van der Waals surface area contributed by atoms with Crippen LogP contribution in [0.1, 0.15) is 11.6 Å². The Morgan fingerprint density at radius 2 is 1.70 bits per heavy atom. The first-order chi connectivity index (χ1) is 9.74. The summed E-state index contributed by atoms with van der Waals surface area (Å²) in [4.78, 5) is 11.7. The van der Waals surface area contributed by atoms with Gasteiger partial charge >= 0.3 is 0 Å². The van der Waals surface area contributed by atoms with Gasteiger partial charge in [0.1, 0.15) is 0 Å². The van der Waals surface area contributed by atoms with E-state index >= 15 is 0 Å². The Labute approximate surface area is 117 Å². The average Bonchev–Trinajstić information content (AvgIpc) is 2.49. The van der Waals surface area contributed by atoms with Crippen LogP contribution >= 0.6 is 0 Å². The maximum atomic E-state index is 11.7. The molecule has 2 N–H and O–H groups in total. The van der Waals surface area contributed by atoms with Crippen LogP contribution in [0.15, 0.2) is 71.7 Å². The summed E-state index contributed by atoms with van der Waals surface area (Å²) >= 11 is 0. The molecule has 1 unspecified atom stereocenters. The Hall–Kier alpha value is -2.39. The van der Waals surface area contributed by atoms with Gasteiger partial charge in [0.2, 0.25) is 0 Å². The Morgan fingerprint density at radius 1 is 0.950 bits per heavy atom. The van der Waals surface area contributed by atoms with Crippen molar-refractivity contribution >= 4 is 10.8 Å². The summed E-state index contributed by atoms with van der Waals surface area (Å²) in [6, 6.07) is 19.3. The van der Waals surface area contributed by atoms with Gasteiger partial charge in [-0.15, -0.1) is 0 Å². The van der Waals surface area contributed by atoms with Gasteiger partial charge in [-0.3, -0.25) is 4.79 Å². The molecule has 0 amide bonds. The molecule has 0 fully saturated rings. The molecule has 0 radical (unpaired) electrons. The number of fused-ring (bicyclic) bond motifs is 1. The molecule has 2 aromatic carbocycles. The van der Waals surface area contributed by atoms with Gasteiger partial charge in [-0.1, -0.05) is 42.5 Å². The molecular formula is C17H16N2O. The van der Waals surface area contributed by atoms with E-state index in [0.29, 0.717) is 6.54 Å². The highest BCUT2D eigenvalue weighted by atomic mass is 16.1. The van der Waals surface area contributed by atoms with Crippen molar-refractivity contribution in [3.05, 3.63) is 82.8 Å². The molecule has 0 spiro atoms. The molecule has 0 saturated carbocycles. The Kier molecular flexibility index (Phi) is 3.35. The second-order valence-corrected chi connectivity index (χ2v) is 4.90. The second kappa shape index (κ2) is 5.31. The van der Waals surface area contributed by atoms with Gasteiger partial charge in [0.15, 0.2) is 0 Å². The van der Waals surface area contributed by atoms with E-state index in [4.69, 9.17) is 5.73 Å². The Morgan fingerprint density at radius 3 is 2.50 bits per heavy atom. The zero-order valence-corrected chi connectivity index (χ0v) is 11.1. The first-order valence-electron chi connectivity index (χ1n) is 6.64. The van der Waals surface area contributed by atoms with Crippen LogP contribution in [0.3, 0.4) is 0 Å². The third-order valence-electron chi connectivity index (χ3n) is 3.49. The smallest absolute Gasteiger partial charge is 0.250 e. The summed E-state index contributed by atoms with van der Waals surface area (Å²) in [6.45, 7) is 0.484. The minimum Gasteiger partial charge on any atom is -0.322 e. The summed E-state index contributed by atoms with van der Waals surface area (Å²) in [6.07, 6.45) is 1.77. The highest BCUT2D eigenvalue weighted by Crippen LogP contribution is 2.19. The lowest BCUT2D eigenvalue weighted by atomic mass is 10.0. The van der Waals surface area contributed by atoms with Gasteiger partial charge in [-0.05, 0) is 28.5 Å². The molecule has 1 aromatic heterocycles. The predicted octanol–water partition coefficient (Wildman–Crippen LogP) is 2.70. The molecule has 1 heterocycles. The maximum Gasteiger partial charge on any atom is 0.250 e. The number of benzene rings is 2. The van der Waals surface area contributed by atoms with E-state index in [1.807, 2.05) is 24.3 Å². The molecule has 0 aliphatic heterocycles. The van der Waals surface area contributed by atoms with Crippen LogP contribution in [0.2, 0.25) is 0 Å². The molecule has 3 rings (SSSR count). The highest BCUT2D eigenvalue weighted by molar-refractivity contribution is 5.83. The molecule has 1 atom stereocenters. The lowest BCUT2D eigenvalue weighted by molar-refractivity contribution is 0.562. The molecular weight excluding hydrogens is 248 g/mol. The minimum atomic E-state index is -0.195. The third-order valence-corrected chi connectivity index (χ3v) is 3.49. The number of aromatic nitrogens is 1. The molecule has 3 aromatic rings. The standard InChI is InChI=1S/C17H16N2O/c18-16(12-19-10-4-3-7-17(19)20)15-9-8-13-5-1-2-6-14(13)11-15/h1-11,16H,12,18H2. The monoisotopic (exact) mass is 264 g/mol. The fourth-order valence-corrected chi connectivity index (χ4v) is 2.37. The van der Waals surface area contributed by atoms with Crippen LogP contribution in [0, 0.1) is 0 Å². The normalized spacial score (nSPS) is 12.4.